The van der Waals surface area contributed by atoms with Gasteiger partial charge in [0.15, 0.2) is 0 Å². The highest BCUT2D eigenvalue weighted by Gasteiger charge is 2.23. The van der Waals surface area contributed by atoms with Gasteiger partial charge < -0.3 is 15.3 Å². The Morgan fingerprint density at radius 1 is 1.06 bits per heavy atom. The molecule has 0 radical (unpaired) electrons. The fraction of sp³-hybridized carbons (Fsp3) is 0.273. The van der Waals surface area contributed by atoms with Gasteiger partial charge in [-0.15, -0.1) is 0 Å². The molecular formula is C11H12O5. The molecule has 86 valence electrons. The zero-order valence-electron chi connectivity index (χ0n) is 8.46. The maximum Gasteiger partial charge on any atom is 0.275 e. The van der Waals surface area contributed by atoms with Crippen LogP contribution in [0.4, 0.5) is 0 Å². The molecule has 0 atom stereocenters. The van der Waals surface area contributed by atoms with Crippen LogP contribution in [-0.2, 0) is 4.79 Å². The molecule has 5 nitrogen and oxygen atoms in total. The van der Waals surface area contributed by atoms with Crippen molar-refractivity contribution in [3.05, 3.63) is 35.9 Å². The summed E-state index contributed by atoms with van der Waals surface area (Å²) in [6.07, 6.45) is -1.01. The van der Waals surface area contributed by atoms with Crippen LogP contribution in [0, 0.1) is 0 Å². The molecule has 0 fully saturated rings. The molecule has 1 aromatic carbocycles. The van der Waals surface area contributed by atoms with E-state index < -0.39 is 30.4 Å². The highest BCUT2D eigenvalue weighted by molar-refractivity contribution is 6.43. The summed E-state index contributed by atoms with van der Waals surface area (Å²) in [4.78, 5) is 22.8. The van der Waals surface area contributed by atoms with E-state index in [4.69, 9.17) is 15.3 Å². The predicted octanol–water partition coefficient (Wildman–Crippen LogP) is -0.151. The number of carbonyl (C=O) groups excluding carboxylic acids is 2. The van der Waals surface area contributed by atoms with Crippen molar-refractivity contribution >= 4 is 11.6 Å². The van der Waals surface area contributed by atoms with Gasteiger partial charge in [0.1, 0.15) is 0 Å². The second kappa shape index (κ2) is 4.98. The molecule has 0 saturated heterocycles. The number of rotatable bonds is 5. The SMILES string of the molecule is O=C(CCC(O)(O)O)C(=O)c1ccccc1. The molecule has 0 aliphatic carbocycles. The third kappa shape index (κ3) is 3.90. The Bertz CT molecular complexity index is 377. The van der Waals surface area contributed by atoms with Crippen molar-refractivity contribution in [2.24, 2.45) is 0 Å². The van der Waals surface area contributed by atoms with Crippen molar-refractivity contribution in [3.8, 4) is 0 Å². The van der Waals surface area contributed by atoms with Crippen LogP contribution in [0.5, 0.6) is 0 Å². The lowest BCUT2D eigenvalue weighted by atomic mass is 10.0. The predicted molar refractivity (Wildman–Crippen MR) is 54.4 cm³/mol. The van der Waals surface area contributed by atoms with Crippen LogP contribution >= 0.6 is 0 Å². The van der Waals surface area contributed by atoms with E-state index in [1.165, 1.54) is 12.1 Å². The van der Waals surface area contributed by atoms with Crippen LogP contribution in [0.1, 0.15) is 23.2 Å². The molecule has 0 heterocycles. The number of carbonyl (C=O) groups is 2. The molecule has 0 bridgehead atoms. The van der Waals surface area contributed by atoms with E-state index in [1.54, 1.807) is 18.2 Å². The quantitative estimate of drug-likeness (QED) is 0.367. The number of ketones is 2. The van der Waals surface area contributed by atoms with E-state index in [-0.39, 0.29) is 5.56 Å². The second-order valence-electron chi connectivity index (χ2n) is 3.39. The normalized spacial score (nSPS) is 11.2. The lowest BCUT2D eigenvalue weighted by Crippen LogP contribution is -2.29. The first kappa shape index (κ1) is 12.5. The van der Waals surface area contributed by atoms with Gasteiger partial charge in [0, 0.05) is 18.4 Å². The first-order valence-electron chi connectivity index (χ1n) is 4.70. The summed E-state index contributed by atoms with van der Waals surface area (Å²) >= 11 is 0. The minimum Gasteiger partial charge on any atom is -0.344 e. The van der Waals surface area contributed by atoms with E-state index in [0.29, 0.717) is 0 Å². The first-order chi connectivity index (χ1) is 7.40. The Hall–Kier alpha value is -1.56. The highest BCUT2D eigenvalue weighted by Crippen LogP contribution is 2.08. The molecule has 16 heavy (non-hydrogen) atoms. The average molecular weight is 224 g/mol. The van der Waals surface area contributed by atoms with Gasteiger partial charge in [-0.2, -0.15) is 0 Å². The van der Waals surface area contributed by atoms with Crippen LogP contribution in [0.25, 0.3) is 0 Å². The van der Waals surface area contributed by atoms with Crippen LogP contribution in [0.2, 0.25) is 0 Å². The third-order valence-corrected chi connectivity index (χ3v) is 1.98. The first-order valence-corrected chi connectivity index (χ1v) is 4.70. The number of aliphatic hydroxyl groups is 3. The summed E-state index contributed by atoms with van der Waals surface area (Å²) < 4.78 is 0. The minimum absolute atomic E-state index is 0.243. The number of hydrogen-bond donors (Lipinski definition) is 3. The Morgan fingerprint density at radius 3 is 2.12 bits per heavy atom. The monoisotopic (exact) mass is 224 g/mol. The molecule has 0 aliphatic heterocycles. The van der Waals surface area contributed by atoms with Gasteiger partial charge in [-0.05, 0) is 0 Å². The summed E-state index contributed by atoms with van der Waals surface area (Å²) in [5.41, 5.74) is 0.243. The highest BCUT2D eigenvalue weighted by atomic mass is 16.7. The van der Waals surface area contributed by atoms with E-state index in [0.717, 1.165) is 0 Å². The van der Waals surface area contributed by atoms with Crippen molar-refractivity contribution in [2.75, 3.05) is 0 Å². The van der Waals surface area contributed by atoms with Crippen molar-refractivity contribution in [2.45, 2.75) is 18.8 Å². The molecule has 0 unspecified atom stereocenters. The topological polar surface area (TPSA) is 94.8 Å². The van der Waals surface area contributed by atoms with E-state index in [9.17, 15) is 9.59 Å². The minimum atomic E-state index is -2.91. The summed E-state index contributed by atoms with van der Waals surface area (Å²) in [6, 6.07) is 7.93. The molecule has 0 saturated carbocycles. The molecule has 3 N–H and O–H groups in total. The van der Waals surface area contributed by atoms with Crippen molar-refractivity contribution in [3.63, 3.8) is 0 Å². The molecule has 1 aromatic rings. The van der Waals surface area contributed by atoms with Crippen LogP contribution in [0.15, 0.2) is 30.3 Å². The Kier molecular flexibility index (Phi) is 3.89. The molecular weight excluding hydrogens is 212 g/mol. The summed E-state index contributed by atoms with van der Waals surface area (Å²) in [7, 11) is 0. The van der Waals surface area contributed by atoms with Gasteiger partial charge in [0.2, 0.25) is 11.6 Å². The summed E-state index contributed by atoms with van der Waals surface area (Å²) in [5, 5.41) is 25.7. The lowest BCUT2D eigenvalue weighted by Gasteiger charge is -2.12. The van der Waals surface area contributed by atoms with Gasteiger partial charge >= 0.3 is 0 Å². The Balaban J connectivity index is 2.59. The van der Waals surface area contributed by atoms with Crippen LogP contribution in [0.3, 0.4) is 0 Å². The zero-order chi connectivity index (χ0) is 12.2. The van der Waals surface area contributed by atoms with Crippen molar-refractivity contribution in [1.29, 1.82) is 0 Å². The summed E-state index contributed by atoms with van der Waals surface area (Å²) in [5.74, 6) is -4.38. The van der Waals surface area contributed by atoms with Gasteiger partial charge in [-0.1, -0.05) is 30.3 Å². The molecule has 5 heteroatoms. The zero-order valence-corrected chi connectivity index (χ0v) is 8.46. The average Bonchev–Trinajstić information content (AvgIpc) is 2.25. The third-order valence-electron chi connectivity index (χ3n) is 1.98. The fourth-order valence-electron chi connectivity index (χ4n) is 1.15. The van der Waals surface area contributed by atoms with Crippen molar-refractivity contribution in [1.82, 2.24) is 0 Å². The van der Waals surface area contributed by atoms with Gasteiger partial charge in [-0.3, -0.25) is 9.59 Å². The van der Waals surface area contributed by atoms with Crippen molar-refractivity contribution < 1.29 is 24.9 Å². The van der Waals surface area contributed by atoms with E-state index >= 15 is 0 Å². The van der Waals surface area contributed by atoms with Crippen LogP contribution in [-0.4, -0.2) is 32.9 Å². The smallest absolute Gasteiger partial charge is 0.275 e. The maximum atomic E-state index is 11.5. The standard InChI is InChI=1S/C11H12O5/c12-9(6-7-11(14,15)16)10(13)8-4-2-1-3-5-8/h1-5,14-16H,6-7H2. The van der Waals surface area contributed by atoms with E-state index in [1.807, 2.05) is 0 Å². The molecule has 0 aromatic heterocycles. The molecule has 0 aliphatic rings. The van der Waals surface area contributed by atoms with Gasteiger partial charge in [0.05, 0.1) is 0 Å². The number of hydrogen-bond acceptors (Lipinski definition) is 5. The number of benzene rings is 1. The molecule has 0 amide bonds. The van der Waals surface area contributed by atoms with Crippen LogP contribution < -0.4 is 0 Å². The number of Topliss-reactive ketones (excluding diaryl/α,β-unsaturated/α-hetero) is 2. The molecule has 0 spiro atoms. The Labute approximate surface area is 92.0 Å². The Morgan fingerprint density at radius 2 is 1.62 bits per heavy atom. The lowest BCUT2D eigenvalue weighted by molar-refractivity contribution is -0.314. The maximum absolute atomic E-state index is 11.5. The second-order valence-corrected chi connectivity index (χ2v) is 3.39. The van der Waals surface area contributed by atoms with Gasteiger partial charge in [-0.25, -0.2) is 0 Å². The van der Waals surface area contributed by atoms with E-state index in [2.05, 4.69) is 0 Å². The summed E-state index contributed by atoms with van der Waals surface area (Å²) in [6.45, 7) is 0. The fourth-order valence-corrected chi connectivity index (χ4v) is 1.15. The molecule has 1 rings (SSSR count). The largest absolute Gasteiger partial charge is 0.344 e. The van der Waals surface area contributed by atoms with Gasteiger partial charge in [0.25, 0.3) is 5.97 Å².